The van der Waals surface area contributed by atoms with Crippen LogP contribution in [0.3, 0.4) is 0 Å². The van der Waals surface area contributed by atoms with Gasteiger partial charge in [0.25, 0.3) is 5.91 Å². The van der Waals surface area contributed by atoms with Crippen LogP contribution in [0.1, 0.15) is 24.5 Å². The molecule has 0 saturated heterocycles. The van der Waals surface area contributed by atoms with Crippen LogP contribution in [0.4, 0.5) is 0 Å². The second-order valence-corrected chi connectivity index (χ2v) is 6.02. The van der Waals surface area contributed by atoms with Crippen LogP contribution in [0, 0.1) is 0 Å². The van der Waals surface area contributed by atoms with E-state index < -0.39 is 12.1 Å². The molecule has 1 heterocycles. The smallest absolute Gasteiger partial charge is 0.306 e. The maximum absolute atomic E-state index is 12.0. The molecule has 6 heteroatoms. The number of carbonyl (C=O) groups is 2. The molecule has 0 aromatic heterocycles. The van der Waals surface area contributed by atoms with Gasteiger partial charge in [-0.05, 0) is 36.6 Å². The van der Waals surface area contributed by atoms with Crippen molar-refractivity contribution in [1.29, 1.82) is 0 Å². The minimum absolute atomic E-state index is 0.190. The van der Waals surface area contributed by atoms with Gasteiger partial charge in [0.2, 0.25) is 6.79 Å². The van der Waals surface area contributed by atoms with Crippen LogP contribution in [0.2, 0.25) is 0 Å². The molecule has 26 heavy (non-hydrogen) atoms. The number of hydrogen-bond acceptors (Lipinski definition) is 5. The highest BCUT2D eigenvalue weighted by atomic mass is 16.7. The number of rotatable bonds is 7. The van der Waals surface area contributed by atoms with Crippen molar-refractivity contribution in [2.75, 3.05) is 6.79 Å². The number of ether oxygens (including phenoxy) is 3. The first-order chi connectivity index (χ1) is 12.6. The summed E-state index contributed by atoms with van der Waals surface area (Å²) in [6, 6.07) is 15.1. The first kappa shape index (κ1) is 17.8. The summed E-state index contributed by atoms with van der Waals surface area (Å²) in [7, 11) is 0. The van der Waals surface area contributed by atoms with E-state index in [1.165, 1.54) is 0 Å². The zero-order valence-corrected chi connectivity index (χ0v) is 14.6. The normalized spacial score (nSPS) is 13.1. The average molecular weight is 355 g/mol. The number of amides is 1. The Bertz CT molecular complexity index is 775. The van der Waals surface area contributed by atoms with E-state index in [0.29, 0.717) is 24.5 Å². The fourth-order valence-electron chi connectivity index (χ4n) is 2.58. The Labute approximate surface area is 152 Å². The minimum Gasteiger partial charge on any atom is -0.454 e. The quantitative estimate of drug-likeness (QED) is 0.773. The summed E-state index contributed by atoms with van der Waals surface area (Å²) in [5.74, 6) is 0.667. The summed E-state index contributed by atoms with van der Waals surface area (Å²) in [4.78, 5) is 24.0. The van der Waals surface area contributed by atoms with E-state index in [1.807, 2.05) is 48.5 Å². The second-order valence-electron chi connectivity index (χ2n) is 6.02. The van der Waals surface area contributed by atoms with Gasteiger partial charge in [-0.1, -0.05) is 36.4 Å². The summed E-state index contributed by atoms with van der Waals surface area (Å²) in [6.45, 7) is 2.19. The van der Waals surface area contributed by atoms with Crippen LogP contribution in [0.5, 0.6) is 11.5 Å². The average Bonchev–Trinajstić information content (AvgIpc) is 3.13. The zero-order valence-electron chi connectivity index (χ0n) is 14.6. The maximum Gasteiger partial charge on any atom is 0.306 e. The lowest BCUT2D eigenvalue weighted by molar-refractivity contribution is -0.154. The molecule has 1 aliphatic heterocycles. The third kappa shape index (κ3) is 4.75. The number of benzene rings is 2. The fraction of sp³-hybridized carbons (Fsp3) is 0.300. The van der Waals surface area contributed by atoms with Gasteiger partial charge in [-0.2, -0.15) is 0 Å². The molecule has 0 bridgehead atoms. The standard InChI is InChI=1S/C20H21NO5/c1-14(20(23)21-12-16-5-3-2-4-6-16)26-19(22)10-8-15-7-9-17-18(11-15)25-13-24-17/h2-7,9,11,14H,8,10,12-13H2,1H3,(H,21,23). The van der Waals surface area contributed by atoms with Gasteiger partial charge in [0.05, 0.1) is 0 Å². The highest BCUT2D eigenvalue weighted by Crippen LogP contribution is 2.32. The van der Waals surface area contributed by atoms with Crippen LogP contribution in [-0.4, -0.2) is 24.8 Å². The van der Waals surface area contributed by atoms with Crippen LogP contribution in [-0.2, 0) is 27.3 Å². The van der Waals surface area contributed by atoms with Gasteiger partial charge in [0.1, 0.15) is 0 Å². The predicted molar refractivity (Wildman–Crippen MR) is 94.7 cm³/mol. The number of esters is 1. The fourth-order valence-corrected chi connectivity index (χ4v) is 2.58. The predicted octanol–water partition coefficient (Wildman–Crippen LogP) is 2.60. The van der Waals surface area contributed by atoms with Gasteiger partial charge < -0.3 is 19.5 Å². The van der Waals surface area contributed by atoms with Gasteiger partial charge >= 0.3 is 5.97 Å². The third-order valence-electron chi connectivity index (χ3n) is 4.04. The molecule has 1 aliphatic rings. The molecular weight excluding hydrogens is 334 g/mol. The lowest BCUT2D eigenvalue weighted by Crippen LogP contribution is -2.35. The van der Waals surface area contributed by atoms with Gasteiger partial charge in [-0.15, -0.1) is 0 Å². The van der Waals surface area contributed by atoms with E-state index in [1.54, 1.807) is 6.92 Å². The Balaban J connectivity index is 1.41. The molecule has 6 nitrogen and oxygen atoms in total. The molecular formula is C20H21NO5. The van der Waals surface area contributed by atoms with Crippen molar-refractivity contribution in [2.24, 2.45) is 0 Å². The number of aryl methyl sites for hydroxylation is 1. The molecule has 0 radical (unpaired) electrons. The SMILES string of the molecule is CC(OC(=O)CCc1ccc2c(c1)OCO2)C(=O)NCc1ccccc1. The second kappa shape index (κ2) is 8.38. The summed E-state index contributed by atoms with van der Waals surface area (Å²) < 4.78 is 15.8. The molecule has 2 aromatic carbocycles. The van der Waals surface area contributed by atoms with E-state index in [0.717, 1.165) is 11.1 Å². The molecule has 0 saturated carbocycles. The van der Waals surface area contributed by atoms with Gasteiger partial charge in [0, 0.05) is 13.0 Å². The molecule has 0 spiro atoms. The largest absolute Gasteiger partial charge is 0.454 e. The van der Waals surface area contributed by atoms with Crippen molar-refractivity contribution in [3.63, 3.8) is 0 Å². The van der Waals surface area contributed by atoms with E-state index >= 15 is 0 Å². The molecule has 3 rings (SSSR count). The lowest BCUT2D eigenvalue weighted by atomic mass is 10.1. The number of carbonyl (C=O) groups excluding carboxylic acids is 2. The van der Waals surface area contributed by atoms with Crippen LogP contribution in [0.25, 0.3) is 0 Å². The van der Waals surface area contributed by atoms with E-state index in [-0.39, 0.29) is 19.1 Å². The molecule has 1 atom stereocenters. The Morgan fingerprint density at radius 1 is 1.08 bits per heavy atom. The molecule has 0 aliphatic carbocycles. The molecule has 2 aromatic rings. The molecule has 0 fully saturated rings. The lowest BCUT2D eigenvalue weighted by Gasteiger charge is -2.13. The topological polar surface area (TPSA) is 73.9 Å². The molecule has 1 amide bonds. The number of nitrogens with one attached hydrogen (secondary N) is 1. The summed E-state index contributed by atoms with van der Waals surface area (Å²) in [5.41, 5.74) is 1.94. The summed E-state index contributed by atoms with van der Waals surface area (Å²) >= 11 is 0. The monoisotopic (exact) mass is 355 g/mol. The van der Waals surface area contributed by atoms with Crippen LogP contribution >= 0.6 is 0 Å². The van der Waals surface area contributed by atoms with Crippen LogP contribution < -0.4 is 14.8 Å². The zero-order chi connectivity index (χ0) is 18.4. The van der Waals surface area contributed by atoms with Crippen LogP contribution in [0.15, 0.2) is 48.5 Å². The van der Waals surface area contributed by atoms with Crippen molar-refractivity contribution >= 4 is 11.9 Å². The van der Waals surface area contributed by atoms with E-state index in [4.69, 9.17) is 14.2 Å². The Kier molecular flexibility index (Phi) is 5.73. The highest BCUT2D eigenvalue weighted by Gasteiger charge is 2.18. The van der Waals surface area contributed by atoms with Crippen molar-refractivity contribution < 1.29 is 23.8 Å². The van der Waals surface area contributed by atoms with Crippen molar-refractivity contribution in [3.05, 3.63) is 59.7 Å². The first-order valence-corrected chi connectivity index (χ1v) is 8.51. The Morgan fingerprint density at radius 3 is 2.65 bits per heavy atom. The molecule has 1 unspecified atom stereocenters. The van der Waals surface area contributed by atoms with Gasteiger partial charge in [-0.3, -0.25) is 9.59 Å². The van der Waals surface area contributed by atoms with E-state index in [9.17, 15) is 9.59 Å². The maximum atomic E-state index is 12.0. The summed E-state index contributed by atoms with van der Waals surface area (Å²) in [6.07, 6.45) is -0.132. The van der Waals surface area contributed by atoms with Crippen molar-refractivity contribution in [3.8, 4) is 11.5 Å². The van der Waals surface area contributed by atoms with Crippen molar-refractivity contribution in [2.45, 2.75) is 32.4 Å². The Hall–Kier alpha value is -3.02. The molecule has 136 valence electrons. The van der Waals surface area contributed by atoms with E-state index in [2.05, 4.69) is 5.32 Å². The Morgan fingerprint density at radius 2 is 1.85 bits per heavy atom. The molecule has 1 N–H and O–H groups in total. The summed E-state index contributed by atoms with van der Waals surface area (Å²) in [5, 5.41) is 2.76. The number of fused-ring (bicyclic) bond motifs is 1. The first-order valence-electron chi connectivity index (χ1n) is 8.51. The minimum atomic E-state index is -0.831. The highest BCUT2D eigenvalue weighted by molar-refractivity contribution is 5.83. The van der Waals surface area contributed by atoms with Gasteiger partial charge in [-0.25, -0.2) is 0 Å². The third-order valence-corrected chi connectivity index (χ3v) is 4.04. The van der Waals surface area contributed by atoms with Gasteiger partial charge in [0.15, 0.2) is 17.6 Å². The van der Waals surface area contributed by atoms with Crippen molar-refractivity contribution in [1.82, 2.24) is 5.32 Å². The number of hydrogen-bond donors (Lipinski definition) is 1.